The molecule has 9 aromatic rings. The fourth-order valence-electron chi connectivity index (χ4n) is 6.57. The molecule has 9 rings (SSSR count). The molecule has 0 fully saturated rings. The van der Waals surface area contributed by atoms with Crippen LogP contribution in [0.25, 0.3) is 95.0 Å². The number of rotatable bonds is 4. The minimum absolute atomic E-state index is 0.450. The number of hydrogen-bond acceptors (Lipinski definition) is 4. The number of allylic oxidation sites excluding steroid dienone is 1. The smallest absolute Gasteiger partial charge is 0.247 e. The van der Waals surface area contributed by atoms with Crippen LogP contribution in [-0.4, -0.2) is 14.5 Å². The molecule has 0 bridgehead atoms. The highest BCUT2D eigenvalue weighted by Gasteiger charge is 2.25. The molecule has 0 unspecified atom stereocenters. The van der Waals surface area contributed by atoms with E-state index in [1.165, 1.54) is 5.39 Å². The molecular weight excluding hydrogens is 542 g/mol. The van der Waals surface area contributed by atoms with Crippen molar-refractivity contribution < 1.29 is 8.83 Å². The summed E-state index contributed by atoms with van der Waals surface area (Å²) in [5, 5.41) is 6.74. The maximum atomic E-state index is 6.51. The number of furan rings is 2. The molecule has 0 aliphatic carbocycles. The summed E-state index contributed by atoms with van der Waals surface area (Å²) in [6.45, 7) is 5.98. The Morgan fingerprint density at radius 1 is 0.705 bits per heavy atom. The first-order valence-corrected chi connectivity index (χ1v) is 14.7. The summed E-state index contributed by atoms with van der Waals surface area (Å²) >= 11 is 0. The minimum Gasteiger partial charge on any atom is -0.455 e. The van der Waals surface area contributed by atoms with Gasteiger partial charge in [0.1, 0.15) is 28.1 Å². The number of fused-ring (bicyclic) bond motifs is 8. The second kappa shape index (κ2) is 9.28. The summed E-state index contributed by atoms with van der Waals surface area (Å²) in [4.78, 5) is 10.6. The summed E-state index contributed by atoms with van der Waals surface area (Å²) in [5.41, 5.74) is 7.20. The fourth-order valence-corrected chi connectivity index (χ4v) is 6.57. The van der Waals surface area contributed by atoms with Gasteiger partial charge in [-0.3, -0.25) is 4.57 Å². The molecule has 0 N–H and O–H groups in total. The summed E-state index contributed by atoms with van der Waals surface area (Å²) in [7, 11) is 0. The monoisotopic (exact) mass is 567 g/mol. The van der Waals surface area contributed by atoms with Crippen molar-refractivity contribution in [1.29, 1.82) is 0 Å². The average molecular weight is 568 g/mol. The van der Waals surface area contributed by atoms with Gasteiger partial charge in [-0.05, 0) is 54.1 Å². The number of nitrogens with zero attached hydrogens (tertiary/aromatic N) is 3. The van der Waals surface area contributed by atoms with Crippen LogP contribution in [0.5, 0.6) is 0 Å². The predicted octanol–water partition coefficient (Wildman–Crippen LogP) is 10.7. The van der Waals surface area contributed by atoms with Crippen LogP contribution in [0.4, 0.5) is 0 Å². The molecule has 0 aliphatic rings. The molecule has 0 saturated heterocycles. The van der Waals surface area contributed by atoms with Gasteiger partial charge in [0, 0.05) is 32.7 Å². The van der Waals surface area contributed by atoms with E-state index in [1.54, 1.807) is 6.08 Å². The van der Waals surface area contributed by atoms with Crippen molar-refractivity contribution in [2.45, 2.75) is 6.92 Å². The molecule has 4 heterocycles. The maximum absolute atomic E-state index is 6.51. The van der Waals surface area contributed by atoms with Gasteiger partial charge >= 0.3 is 0 Å². The van der Waals surface area contributed by atoms with Gasteiger partial charge in [0.05, 0.1) is 11.0 Å². The molecule has 44 heavy (non-hydrogen) atoms. The lowest BCUT2D eigenvalue weighted by Crippen LogP contribution is -2.03. The lowest BCUT2D eigenvalue weighted by molar-refractivity contribution is 0.591. The largest absolute Gasteiger partial charge is 0.455 e. The van der Waals surface area contributed by atoms with Gasteiger partial charge in [0.2, 0.25) is 5.71 Å². The quantitative estimate of drug-likeness (QED) is 0.212. The van der Waals surface area contributed by atoms with Crippen LogP contribution < -0.4 is 0 Å². The van der Waals surface area contributed by atoms with Gasteiger partial charge < -0.3 is 8.83 Å². The molecule has 4 aromatic heterocycles. The molecule has 5 heteroatoms. The molecule has 0 radical (unpaired) electrons. The van der Waals surface area contributed by atoms with Crippen LogP contribution >= 0.6 is 0 Å². The fraction of sp³-hybridized carbons (Fsp3) is 0.0256. The van der Waals surface area contributed by atoms with E-state index in [2.05, 4.69) is 96.1 Å². The Bertz CT molecular complexity index is 2650. The molecule has 5 aromatic carbocycles. The molecule has 0 saturated carbocycles. The molecular formula is C39H25N3O2. The first-order valence-electron chi connectivity index (χ1n) is 14.7. The Morgan fingerprint density at radius 3 is 2.30 bits per heavy atom. The van der Waals surface area contributed by atoms with E-state index in [0.717, 1.165) is 60.3 Å². The summed E-state index contributed by atoms with van der Waals surface area (Å²) < 4.78 is 15.0. The Balaban J connectivity index is 1.48. The molecule has 0 spiro atoms. The molecule has 0 aliphatic heterocycles. The summed E-state index contributed by atoms with van der Waals surface area (Å²) in [5.74, 6) is 1.34. The Hall–Kier alpha value is -5.94. The van der Waals surface area contributed by atoms with Gasteiger partial charge in [0.25, 0.3) is 0 Å². The van der Waals surface area contributed by atoms with Crippen molar-refractivity contribution in [2.75, 3.05) is 0 Å². The highest BCUT2D eigenvalue weighted by Crippen LogP contribution is 2.41. The highest BCUT2D eigenvalue weighted by atomic mass is 16.3. The van der Waals surface area contributed by atoms with E-state index in [9.17, 15) is 0 Å². The third kappa shape index (κ3) is 3.41. The topological polar surface area (TPSA) is 57.0 Å². The zero-order valence-electron chi connectivity index (χ0n) is 23.9. The normalized spacial score (nSPS) is 12.2. The van der Waals surface area contributed by atoms with Crippen molar-refractivity contribution in [3.8, 4) is 17.1 Å². The van der Waals surface area contributed by atoms with Gasteiger partial charge in [0.15, 0.2) is 5.82 Å². The molecule has 0 atom stereocenters. The predicted molar refractivity (Wildman–Crippen MR) is 181 cm³/mol. The third-order valence-electron chi connectivity index (χ3n) is 8.50. The first-order chi connectivity index (χ1) is 21.7. The van der Waals surface area contributed by atoms with Crippen LogP contribution in [0, 0.1) is 0 Å². The first kappa shape index (κ1) is 24.6. The standard InChI is InChI=1S/C39H25N3O2/c1-3-12-28-33(4-2)44-39-36(28)40-38(35(41-39)29-18-11-17-27-26-16-8-10-20-34(26)43-37(27)29)42-31-19-9-7-15-25(31)30-21-23-13-5-6-14-24(23)22-32(30)42/h3-22H,2H2,1H3/b12-3-. The van der Waals surface area contributed by atoms with Crippen molar-refractivity contribution >= 4 is 77.9 Å². The van der Waals surface area contributed by atoms with Crippen molar-refractivity contribution in [3.05, 3.63) is 127 Å². The van der Waals surface area contributed by atoms with E-state index < -0.39 is 0 Å². The second-order valence-corrected chi connectivity index (χ2v) is 11.0. The Kier molecular flexibility index (Phi) is 5.20. The van der Waals surface area contributed by atoms with Crippen molar-refractivity contribution in [2.24, 2.45) is 0 Å². The summed E-state index contributed by atoms with van der Waals surface area (Å²) in [6.07, 6.45) is 5.69. The van der Waals surface area contributed by atoms with Crippen LogP contribution in [0.3, 0.4) is 0 Å². The van der Waals surface area contributed by atoms with Crippen LogP contribution in [-0.2, 0) is 0 Å². The van der Waals surface area contributed by atoms with E-state index in [4.69, 9.17) is 18.8 Å². The maximum Gasteiger partial charge on any atom is 0.247 e. The number of hydrogen-bond donors (Lipinski definition) is 0. The van der Waals surface area contributed by atoms with Crippen LogP contribution in [0.1, 0.15) is 18.2 Å². The van der Waals surface area contributed by atoms with Crippen LogP contribution in [0.15, 0.2) is 125 Å². The van der Waals surface area contributed by atoms with E-state index in [0.29, 0.717) is 28.5 Å². The number of benzene rings is 5. The van der Waals surface area contributed by atoms with Gasteiger partial charge in [-0.25, -0.2) is 9.97 Å². The van der Waals surface area contributed by atoms with Gasteiger partial charge in [-0.15, -0.1) is 0 Å². The molecule has 208 valence electrons. The Morgan fingerprint density at radius 2 is 1.45 bits per heavy atom. The van der Waals surface area contributed by atoms with Crippen molar-refractivity contribution in [1.82, 2.24) is 14.5 Å². The third-order valence-corrected chi connectivity index (χ3v) is 8.50. The van der Waals surface area contributed by atoms with Crippen LogP contribution in [0.2, 0.25) is 0 Å². The lowest BCUT2D eigenvalue weighted by atomic mass is 10.1. The zero-order chi connectivity index (χ0) is 29.4. The average Bonchev–Trinajstić information content (AvgIpc) is 3.72. The number of aromatic nitrogens is 3. The van der Waals surface area contributed by atoms with Crippen molar-refractivity contribution in [3.63, 3.8) is 0 Å². The van der Waals surface area contributed by atoms with E-state index >= 15 is 0 Å². The lowest BCUT2D eigenvalue weighted by Gasteiger charge is -2.13. The SMILES string of the molecule is C=Cc1oc2nc(-c3cccc4c3oc3ccccc34)c(-n3c4ccccc4c4cc5ccccc5cc43)nc2c1/C=C\C. The second-order valence-electron chi connectivity index (χ2n) is 11.0. The van der Waals surface area contributed by atoms with Gasteiger partial charge in [-0.2, -0.15) is 0 Å². The highest BCUT2D eigenvalue weighted by molar-refractivity contribution is 6.15. The van der Waals surface area contributed by atoms with E-state index in [-0.39, 0.29) is 0 Å². The summed E-state index contributed by atoms with van der Waals surface area (Å²) in [6, 6.07) is 35.8. The molecule has 5 nitrogen and oxygen atoms in total. The zero-order valence-corrected chi connectivity index (χ0v) is 23.9. The van der Waals surface area contributed by atoms with E-state index in [1.807, 2.05) is 37.3 Å². The Labute approximate surface area is 252 Å². The minimum atomic E-state index is 0.450. The van der Waals surface area contributed by atoms with Gasteiger partial charge in [-0.1, -0.05) is 91.5 Å². The number of para-hydroxylation sites is 3. The molecule has 0 amide bonds.